The van der Waals surface area contributed by atoms with Gasteiger partial charge in [0.2, 0.25) is 0 Å². The van der Waals surface area contributed by atoms with Gasteiger partial charge in [-0.3, -0.25) is 4.98 Å². The fourth-order valence-electron chi connectivity index (χ4n) is 2.10. The first-order valence-corrected chi connectivity index (χ1v) is 7.30. The zero-order chi connectivity index (χ0) is 15.0. The smallest absolute Gasteiger partial charge is 0.416 e. The van der Waals surface area contributed by atoms with Gasteiger partial charge in [0.25, 0.3) is 0 Å². The summed E-state index contributed by atoms with van der Waals surface area (Å²) in [7, 11) is 0. The van der Waals surface area contributed by atoms with Gasteiger partial charge in [0.05, 0.1) is 5.56 Å². The maximum Gasteiger partial charge on any atom is 0.416 e. The lowest BCUT2D eigenvalue weighted by Gasteiger charge is -2.04. The second kappa shape index (κ2) is 5.11. The van der Waals surface area contributed by atoms with Crippen molar-refractivity contribution in [1.82, 2.24) is 4.98 Å². The molecular weight excluding hydrogens is 299 g/mol. The molecule has 2 heterocycles. The molecule has 0 spiro atoms. The predicted octanol–water partition coefficient (Wildman–Crippen LogP) is 5.24. The van der Waals surface area contributed by atoms with Crippen LogP contribution in [-0.4, -0.2) is 11.2 Å². The summed E-state index contributed by atoms with van der Waals surface area (Å²) in [5, 5.41) is 0.434. The van der Waals surface area contributed by atoms with Gasteiger partial charge in [0.15, 0.2) is 0 Å². The van der Waals surface area contributed by atoms with Crippen molar-refractivity contribution < 1.29 is 17.6 Å². The first-order valence-electron chi connectivity index (χ1n) is 6.08. The topological polar surface area (TPSA) is 26.0 Å². The van der Waals surface area contributed by atoms with Crippen LogP contribution in [0.3, 0.4) is 0 Å². The van der Waals surface area contributed by atoms with Gasteiger partial charge in [-0.25, -0.2) is 0 Å². The first-order chi connectivity index (χ1) is 9.99. The highest BCUT2D eigenvalue weighted by Gasteiger charge is 2.30. The molecule has 0 saturated carbocycles. The molecule has 3 rings (SSSR count). The lowest BCUT2D eigenvalue weighted by atomic mass is 10.1. The van der Waals surface area contributed by atoms with Gasteiger partial charge in [0.1, 0.15) is 11.3 Å². The fourth-order valence-corrected chi connectivity index (χ4v) is 2.65. The van der Waals surface area contributed by atoms with E-state index in [4.69, 9.17) is 4.42 Å². The normalized spacial score (nSPS) is 12.0. The Morgan fingerprint density at radius 3 is 2.67 bits per heavy atom. The molecule has 6 heteroatoms. The van der Waals surface area contributed by atoms with Gasteiger partial charge in [-0.1, -0.05) is 0 Å². The van der Waals surface area contributed by atoms with E-state index in [1.54, 1.807) is 24.5 Å². The zero-order valence-corrected chi connectivity index (χ0v) is 11.8. The van der Waals surface area contributed by atoms with Gasteiger partial charge >= 0.3 is 6.18 Å². The maximum atomic E-state index is 12.7. The molecule has 0 bridgehead atoms. The summed E-state index contributed by atoms with van der Waals surface area (Å²) < 4.78 is 43.8. The van der Waals surface area contributed by atoms with Gasteiger partial charge in [-0.15, -0.1) is 11.8 Å². The van der Waals surface area contributed by atoms with Crippen molar-refractivity contribution in [2.45, 2.75) is 11.1 Å². The minimum Gasteiger partial charge on any atom is -0.456 e. The van der Waals surface area contributed by atoms with Crippen LogP contribution in [0.5, 0.6) is 0 Å². The van der Waals surface area contributed by atoms with Crippen molar-refractivity contribution in [2.24, 2.45) is 0 Å². The summed E-state index contributed by atoms with van der Waals surface area (Å²) in [6.45, 7) is 0. The minimum atomic E-state index is -4.35. The molecule has 0 fully saturated rings. The molecule has 0 N–H and O–H groups in total. The number of nitrogens with zero attached hydrogens (tertiary/aromatic N) is 1. The predicted molar refractivity (Wildman–Crippen MR) is 76.2 cm³/mol. The highest BCUT2D eigenvalue weighted by Crippen LogP contribution is 2.36. The maximum absolute atomic E-state index is 12.7. The number of hydrogen-bond acceptors (Lipinski definition) is 3. The lowest BCUT2D eigenvalue weighted by molar-refractivity contribution is -0.137. The van der Waals surface area contributed by atoms with Crippen LogP contribution in [0, 0.1) is 0 Å². The number of fused-ring (bicyclic) bond motifs is 1. The summed E-state index contributed by atoms with van der Waals surface area (Å²) in [6, 6.07) is 6.88. The van der Waals surface area contributed by atoms with E-state index in [2.05, 4.69) is 4.98 Å². The summed E-state index contributed by atoms with van der Waals surface area (Å²) in [5.74, 6) is 0.538. The van der Waals surface area contributed by atoms with E-state index < -0.39 is 11.7 Å². The Hall–Kier alpha value is -1.95. The number of furan rings is 1. The number of pyridine rings is 1. The Balaban J connectivity index is 2.13. The molecule has 0 unspecified atom stereocenters. The van der Waals surface area contributed by atoms with E-state index in [1.165, 1.54) is 17.8 Å². The minimum absolute atomic E-state index is 0.432. The molecule has 3 aromatic rings. The van der Waals surface area contributed by atoms with Crippen LogP contribution in [-0.2, 0) is 6.18 Å². The van der Waals surface area contributed by atoms with Gasteiger partial charge < -0.3 is 4.42 Å². The third-order valence-corrected chi connectivity index (χ3v) is 3.88. The van der Waals surface area contributed by atoms with Crippen LogP contribution >= 0.6 is 11.8 Å². The molecule has 21 heavy (non-hydrogen) atoms. The molecule has 0 aliphatic heterocycles. The second-order valence-electron chi connectivity index (χ2n) is 4.44. The van der Waals surface area contributed by atoms with Gasteiger partial charge in [0, 0.05) is 28.2 Å². The third-order valence-electron chi connectivity index (χ3n) is 3.11. The number of aromatic nitrogens is 1. The molecule has 0 saturated heterocycles. The molecule has 0 aliphatic rings. The molecule has 0 atom stereocenters. The second-order valence-corrected chi connectivity index (χ2v) is 5.29. The monoisotopic (exact) mass is 309 g/mol. The molecule has 108 valence electrons. The van der Waals surface area contributed by atoms with E-state index >= 15 is 0 Å². The van der Waals surface area contributed by atoms with Crippen molar-refractivity contribution in [1.29, 1.82) is 0 Å². The van der Waals surface area contributed by atoms with Gasteiger partial charge in [-0.2, -0.15) is 13.2 Å². The first kappa shape index (κ1) is 14.0. The molecule has 2 nitrogen and oxygen atoms in total. The number of benzene rings is 1. The highest BCUT2D eigenvalue weighted by atomic mass is 32.2. The van der Waals surface area contributed by atoms with Crippen LogP contribution in [0.4, 0.5) is 13.2 Å². The van der Waals surface area contributed by atoms with E-state index in [0.717, 1.165) is 22.6 Å². The van der Waals surface area contributed by atoms with Crippen molar-refractivity contribution in [3.05, 3.63) is 48.3 Å². The van der Waals surface area contributed by atoms with E-state index in [1.807, 2.05) is 6.26 Å². The van der Waals surface area contributed by atoms with Crippen molar-refractivity contribution in [2.75, 3.05) is 6.26 Å². The van der Waals surface area contributed by atoms with E-state index in [-0.39, 0.29) is 0 Å². The fraction of sp³-hybridized carbons (Fsp3) is 0.133. The molecule has 0 amide bonds. The molecular formula is C15H10F3NOS. The molecule has 2 aromatic heterocycles. The Labute approximate surface area is 123 Å². The molecule has 1 aromatic carbocycles. The largest absolute Gasteiger partial charge is 0.456 e. The number of thioether (sulfide) groups is 1. The van der Waals surface area contributed by atoms with Crippen LogP contribution in [0.2, 0.25) is 0 Å². The Kier molecular flexibility index (Phi) is 3.41. The number of alkyl halides is 3. The third kappa shape index (κ3) is 2.63. The van der Waals surface area contributed by atoms with Crippen LogP contribution in [0.25, 0.3) is 22.3 Å². The quantitative estimate of drug-likeness (QED) is 0.606. The molecule has 0 aliphatic carbocycles. The van der Waals surface area contributed by atoms with Crippen LogP contribution in [0.15, 0.2) is 52.0 Å². The summed E-state index contributed by atoms with van der Waals surface area (Å²) >= 11 is 1.51. The standard InChI is InChI=1S/C15H10F3NOS/c1-21-14-8-19-5-4-11(14)13-7-9-6-10(15(16,17)18)2-3-12(9)20-13/h2-8H,1H3. The van der Waals surface area contributed by atoms with Crippen LogP contribution in [0.1, 0.15) is 5.56 Å². The van der Waals surface area contributed by atoms with E-state index in [9.17, 15) is 13.2 Å². The summed E-state index contributed by atoms with van der Waals surface area (Å²) in [4.78, 5) is 4.94. The average Bonchev–Trinajstić information content (AvgIpc) is 2.89. The lowest BCUT2D eigenvalue weighted by Crippen LogP contribution is -2.03. The molecule has 0 radical (unpaired) electrons. The van der Waals surface area contributed by atoms with Crippen molar-refractivity contribution in [3.63, 3.8) is 0 Å². The average molecular weight is 309 g/mol. The Morgan fingerprint density at radius 2 is 1.95 bits per heavy atom. The summed E-state index contributed by atoms with van der Waals surface area (Å²) in [6.07, 6.45) is 0.884. The zero-order valence-electron chi connectivity index (χ0n) is 10.9. The highest BCUT2D eigenvalue weighted by molar-refractivity contribution is 7.98. The van der Waals surface area contributed by atoms with Crippen molar-refractivity contribution >= 4 is 22.7 Å². The van der Waals surface area contributed by atoms with Gasteiger partial charge in [-0.05, 0) is 36.6 Å². The Morgan fingerprint density at radius 1 is 1.14 bits per heavy atom. The van der Waals surface area contributed by atoms with Crippen LogP contribution < -0.4 is 0 Å². The van der Waals surface area contributed by atoms with Crippen molar-refractivity contribution in [3.8, 4) is 11.3 Å². The van der Waals surface area contributed by atoms with E-state index in [0.29, 0.717) is 16.7 Å². The summed E-state index contributed by atoms with van der Waals surface area (Å²) in [5.41, 5.74) is 0.575. The number of rotatable bonds is 2. The Bertz CT molecular complexity index is 795. The number of hydrogen-bond donors (Lipinski definition) is 0. The SMILES string of the molecule is CSc1cnccc1-c1cc2cc(C(F)(F)F)ccc2o1. The number of halogens is 3.